The highest BCUT2D eigenvalue weighted by atomic mass is 19.1. The monoisotopic (exact) mass is 444 g/mol. The van der Waals surface area contributed by atoms with Crippen LogP contribution in [0.4, 0.5) is 14.5 Å². The summed E-state index contributed by atoms with van der Waals surface area (Å²) in [5.41, 5.74) is -0.803. The van der Waals surface area contributed by atoms with Gasteiger partial charge >= 0.3 is 11.2 Å². The SMILES string of the molecule is COc1nn(-c2ccc(F)c(NC(C)=O)c2)c(=O)n(Cc2ccc(C(C)C)c(F)c2)c1=O. The molecule has 0 fully saturated rings. The highest BCUT2D eigenvalue weighted by Crippen LogP contribution is 2.20. The second-order valence-electron chi connectivity index (χ2n) is 7.45. The van der Waals surface area contributed by atoms with Crippen LogP contribution in [-0.4, -0.2) is 27.4 Å². The molecule has 8 nitrogen and oxygen atoms in total. The summed E-state index contributed by atoms with van der Waals surface area (Å²) in [5, 5.41) is 6.23. The summed E-state index contributed by atoms with van der Waals surface area (Å²) in [5.74, 6) is -2.06. The molecule has 3 rings (SSSR count). The number of nitrogens with one attached hydrogen (secondary N) is 1. The number of anilines is 1. The number of hydrogen-bond acceptors (Lipinski definition) is 5. The van der Waals surface area contributed by atoms with E-state index in [1.165, 1.54) is 32.2 Å². The summed E-state index contributed by atoms with van der Waals surface area (Å²) in [7, 11) is 1.22. The van der Waals surface area contributed by atoms with Crippen molar-refractivity contribution in [2.45, 2.75) is 33.2 Å². The lowest BCUT2D eigenvalue weighted by Crippen LogP contribution is -2.41. The Labute approximate surface area is 182 Å². The number of aromatic nitrogens is 3. The lowest BCUT2D eigenvalue weighted by atomic mass is 10.0. The largest absolute Gasteiger partial charge is 0.476 e. The number of nitrogens with zero attached hydrogens (tertiary/aromatic N) is 3. The number of amides is 1. The Morgan fingerprint density at radius 3 is 2.44 bits per heavy atom. The van der Waals surface area contributed by atoms with Crippen molar-refractivity contribution in [2.75, 3.05) is 12.4 Å². The molecule has 0 saturated carbocycles. The van der Waals surface area contributed by atoms with Gasteiger partial charge in [0.2, 0.25) is 5.91 Å². The van der Waals surface area contributed by atoms with Crippen LogP contribution in [0, 0.1) is 11.6 Å². The first-order chi connectivity index (χ1) is 15.1. The number of halogens is 2. The molecule has 1 N–H and O–H groups in total. The molecule has 0 spiro atoms. The number of ether oxygens (including phenoxy) is 1. The van der Waals surface area contributed by atoms with E-state index in [4.69, 9.17) is 4.74 Å². The average Bonchev–Trinajstić information content (AvgIpc) is 2.72. The molecular formula is C22H22F2N4O4. The van der Waals surface area contributed by atoms with Gasteiger partial charge in [0, 0.05) is 6.92 Å². The van der Waals surface area contributed by atoms with Crippen LogP contribution < -0.4 is 21.3 Å². The first-order valence-corrected chi connectivity index (χ1v) is 9.76. The predicted molar refractivity (Wildman–Crippen MR) is 114 cm³/mol. The molecule has 0 bridgehead atoms. The first-order valence-electron chi connectivity index (χ1n) is 9.76. The van der Waals surface area contributed by atoms with Crippen LogP contribution >= 0.6 is 0 Å². The molecule has 10 heteroatoms. The molecule has 168 valence electrons. The zero-order valence-corrected chi connectivity index (χ0v) is 18.0. The Bertz CT molecular complexity index is 1300. The predicted octanol–water partition coefficient (Wildman–Crippen LogP) is 2.81. The Kier molecular flexibility index (Phi) is 6.52. The standard InChI is InChI=1S/C22H22F2N4O4/c1-12(2)16-7-5-14(9-18(16)24)11-27-21(30)20(32-4)26-28(22(27)31)15-6-8-17(23)19(10-15)25-13(3)29/h5-10,12H,11H2,1-4H3,(H,25,29). The summed E-state index contributed by atoms with van der Waals surface area (Å²) in [6.45, 7) is 4.69. The lowest BCUT2D eigenvalue weighted by Gasteiger charge is -2.13. The summed E-state index contributed by atoms with van der Waals surface area (Å²) in [4.78, 5) is 37.1. The second-order valence-corrected chi connectivity index (χ2v) is 7.45. The van der Waals surface area contributed by atoms with E-state index in [0.717, 1.165) is 15.3 Å². The minimum absolute atomic E-state index is 0.0266. The fraction of sp³-hybridized carbons (Fsp3) is 0.273. The van der Waals surface area contributed by atoms with Gasteiger partial charge in [-0.1, -0.05) is 26.0 Å². The number of hydrogen-bond donors (Lipinski definition) is 1. The number of benzene rings is 2. The molecular weight excluding hydrogens is 422 g/mol. The van der Waals surface area contributed by atoms with E-state index < -0.39 is 28.8 Å². The molecule has 0 aliphatic heterocycles. The Hall–Kier alpha value is -3.82. The number of rotatable bonds is 6. The fourth-order valence-corrected chi connectivity index (χ4v) is 3.18. The Morgan fingerprint density at radius 1 is 1.12 bits per heavy atom. The fourth-order valence-electron chi connectivity index (χ4n) is 3.18. The zero-order chi connectivity index (χ0) is 23.6. The summed E-state index contributed by atoms with van der Waals surface area (Å²) in [6.07, 6.45) is 0. The van der Waals surface area contributed by atoms with Gasteiger partial charge in [0.1, 0.15) is 11.6 Å². The van der Waals surface area contributed by atoms with Gasteiger partial charge in [-0.05, 0) is 41.3 Å². The lowest BCUT2D eigenvalue weighted by molar-refractivity contribution is -0.114. The van der Waals surface area contributed by atoms with Crippen molar-refractivity contribution in [3.05, 3.63) is 80.0 Å². The molecule has 32 heavy (non-hydrogen) atoms. The van der Waals surface area contributed by atoms with E-state index in [-0.39, 0.29) is 29.7 Å². The van der Waals surface area contributed by atoms with Crippen LogP contribution in [0.25, 0.3) is 5.69 Å². The Balaban J connectivity index is 2.13. The maximum atomic E-state index is 14.4. The summed E-state index contributed by atoms with van der Waals surface area (Å²) in [6, 6.07) is 8.03. The molecule has 1 heterocycles. The molecule has 0 unspecified atom stereocenters. The molecule has 0 saturated heterocycles. The first kappa shape index (κ1) is 22.9. The maximum absolute atomic E-state index is 14.4. The van der Waals surface area contributed by atoms with E-state index in [9.17, 15) is 23.2 Å². The average molecular weight is 444 g/mol. The topological polar surface area (TPSA) is 95.2 Å². The third kappa shape index (κ3) is 4.58. The van der Waals surface area contributed by atoms with E-state index in [2.05, 4.69) is 10.4 Å². The number of carbonyl (C=O) groups excluding carboxylic acids is 1. The van der Waals surface area contributed by atoms with E-state index in [1.54, 1.807) is 12.1 Å². The van der Waals surface area contributed by atoms with Gasteiger partial charge in [0.15, 0.2) is 0 Å². The van der Waals surface area contributed by atoms with Crippen molar-refractivity contribution in [3.63, 3.8) is 0 Å². The minimum atomic E-state index is -0.843. The molecule has 3 aromatic rings. The highest BCUT2D eigenvalue weighted by molar-refractivity contribution is 5.89. The number of carbonyl (C=O) groups is 1. The van der Waals surface area contributed by atoms with Gasteiger partial charge in [0.05, 0.1) is 25.0 Å². The summed E-state index contributed by atoms with van der Waals surface area (Å²) >= 11 is 0. The van der Waals surface area contributed by atoms with Gasteiger partial charge in [-0.25, -0.2) is 18.1 Å². The Morgan fingerprint density at radius 2 is 1.84 bits per heavy atom. The van der Waals surface area contributed by atoms with Crippen LogP contribution in [0.3, 0.4) is 0 Å². The normalized spacial score (nSPS) is 11.0. The minimum Gasteiger partial charge on any atom is -0.476 e. The zero-order valence-electron chi connectivity index (χ0n) is 18.0. The quantitative estimate of drug-likeness (QED) is 0.631. The number of methoxy groups -OCH3 is 1. The molecule has 1 amide bonds. The van der Waals surface area contributed by atoms with E-state index in [0.29, 0.717) is 11.1 Å². The molecule has 0 atom stereocenters. The second kappa shape index (κ2) is 9.13. The van der Waals surface area contributed by atoms with Crippen LogP contribution in [-0.2, 0) is 11.3 Å². The van der Waals surface area contributed by atoms with Crippen LogP contribution in [0.1, 0.15) is 37.8 Å². The smallest absolute Gasteiger partial charge is 0.352 e. The van der Waals surface area contributed by atoms with Gasteiger partial charge in [0.25, 0.3) is 5.88 Å². The van der Waals surface area contributed by atoms with Gasteiger partial charge in [-0.15, -0.1) is 5.10 Å². The molecule has 2 aromatic carbocycles. The highest BCUT2D eigenvalue weighted by Gasteiger charge is 2.17. The van der Waals surface area contributed by atoms with Crippen molar-refractivity contribution in [2.24, 2.45) is 0 Å². The van der Waals surface area contributed by atoms with E-state index in [1.807, 2.05) is 13.8 Å². The molecule has 0 aliphatic rings. The molecule has 0 radical (unpaired) electrons. The van der Waals surface area contributed by atoms with Gasteiger partial charge in [-0.3, -0.25) is 9.59 Å². The van der Waals surface area contributed by atoms with Gasteiger partial charge < -0.3 is 10.1 Å². The molecule has 1 aromatic heterocycles. The van der Waals surface area contributed by atoms with Gasteiger partial charge in [-0.2, -0.15) is 4.68 Å². The summed E-state index contributed by atoms with van der Waals surface area (Å²) < 4.78 is 35.1. The van der Waals surface area contributed by atoms with Crippen molar-refractivity contribution < 1.29 is 18.3 Å². The maximum Gasteiger partial charge on any atom is 0.352 e. The van der Waals surface area contributed by atoms with Crippen molar-refractivity contribution in [3.8, 4) is 11.6 Å². The van der Waals surface area contributed by atoms with Crippen molar-refractivity contribution >= 4 is 11.6 Å². The van der Waals surface area contributed by atoms with Crippen LogP contribution in [0.15, 0.2) is 46.0 Å². The van der Waals surface area contributed by atoms with E-state index >= 15 is 0 Å². The third-order valence-electron chi connectivity index (χ3n) is 4.76. The van der Waals surface area contributed by atoms with Crippen LogP contribution in [0.2, 0.25) is 0 Å². The van der Waals surface area contributed by atoms with Crippen molar-refractivity contribution in [1.29, 1.82) is 0 Å². The third-order valence-corrected chi connectivity index (χ3v) is 4.76. The molecule has 0 aliphatic carbocycles. The van der Waals surface area contributed by atoms with Crippen molar-refractivity contribution in [1.82, 2.24) is 14.3 Å². The van der Waals surface area contributed by atoms with Crippen LogP contribution in [0.5, 0.6) is 5.88 Å².